The maximum Gasteiger partial charge on any atom is 0.215 e. The van der Waals surface area contributed by atoms with Crippen molar-refractivity contribution in [2.75, 3.05) is 14.2 Å². The minimum Gasteiger partial charge on any atom is -0.495 e. The standard InChI is InChI=1S/C20H17N3O3S/c1-25-16-10-13(15-12-22-23-18(24)8-9-21-20(15)23)11-17(26-2)19(16)27-14-6-4-3-5-7-14/h3-12,24H,1-2H3. The van der Waals surface area contributed by atoms with Crippen LogP contribution in [-0.2, 0) is 0 Å². The maximum absolute atomic E-state index is 9.95. The molecule has 2 aromatic carbocycles. The van der Waals surface area contributed by atoms with Crippen molar-refractivity contribution in [2.45, 2.75) is 9.79 Å². The topological polar surface area (TPSA) is 68.9 Å². The number of aromatic hydroxyl groups is 1. The molecule has 6 nitrogen and oxygen atoms in total. The first-order valence-corrected chi connectivity index (χ1v) is 9.04. The van der Waals surface area contributed by atoms with Gasteiger partial charge in [0.25, 0.3) is 0 Å². The van der Waals surface area contributed by atoms with Gasteiger partial charge in [-0.1, -0.05) is 30.0 Å². The molecule has 4 rings (SSSR count). The minimum atomic E-state index is 0.0291. The fourth-order valence-corrected chi connectivity index (χ4v) is 3.84. The van der Waals surface area contributed by atoms with Crippen LogP contribution in [0.1, 0.15) is 0 Å². The summed E-state index contributed by atoms with van der Waals surface area (Å²) >= 11 is 1.58. The Hall–Kier alpha value is -3.19. The van der Waals surface area contributed by atoms with E-state index in [0.29, 0.717) is 17.1 Å². The van der Waals surface area contributed by atoms with Gasteiger partial charge in [-0.05, 0) is 29.8 Å². The Morgan fingerprint density at radius 3 is 2.37 bits per heavy atom. The number of benzene rings is 2. The molecule has 0 aliphatic carbocycles. The fraction of sp³-hybridized carbons (Fsp3) is 0.100. The van der Waals surface area contributed by atoms with E-state index in [-0.39, 0.29) is 5.88 Å². The van der Waals surface area contributed by atoms with E-state index in [9.17, 15) is 5.11 Å². The zero-order valence-electron chi connectivity index (χ0n) is 14.8. The van der Waals surface area contributed by atoms with Gasteiger partial charge in [0.1, 0.15) is 11.5 Å². The summed E-state index contributed by atoms with van der Waals surface area (Å²) in [6.45, 7) is 0. The zero-order valence-corrected chi connectivity index (χ0v) is 15.6. The maximum atomic E-state index is 9.95. The summed E-state index contributed by atoms with van der Waals surface area (Å²) in [7, 11) is 3.27. The molecule has 0 aliphatic heterocycles. The highest BCUT2D eigenvalue weighted by molar-refractivity contribution is 7.99. The van der Waals surface area contributed by atoms with Gasteiger partial charge in [-0.25, -0.2) is 4.98 Å². The Morgan fingerprint density at radius 1 is 1.00 bits per heavy atom. The van der Waals surface area contributed by atoms with E-state index in [4.69, 9.17) is 9.47 Å². The zero-order chi connectivity index (χ0) is 18.8. The number of nitrogens with zero attached hydrogens (tertiary/aromatic N) is 3. The smallest absolute Gasteiger partial charge is 0.215 e. The highest BCUT2D eigenvalue weighted by Crippen LogP contribution is 2.44. The normalized spacial score (nSPS) is 10.9. The van der Waals surface area contributed by atoms with Crippen LogP contribution in [0.25, 0.3) is 16.8 Å². The van der Waals surface area contributed by atoms with Crippen molar-refractivity contribution in [3.63, 3.8) is 0 Å². The van der Waals surface area contributed by atoms with Gasteiger partial charge >= 0.3 is 0 Å². The molecule has 0 saturated carbocycles. The average molecular weight is 379 g/mol. The lowest BCUT2D eigenvalue weighted by Gasteiger charge is -2.15. The number of fused-ring (bicyclic) bond motifs is 1. The number of hydrogen-bond acceptors (Lipinski definition) is 6. The van der Waals surface area contributed by atoms with E-state index >= 15 is 0 Å². The molecule has 0 radical (unpaired) electrons. The van der Waals surface area contributed by atoms with Gasteiger partial charge in [0, 0.05) is 22.7 Å². The second kappa shape index (κ2) is 7.20. The van der Waals surface area contributed by atoms with Crippen LogP contribution in [0.15, 0.2) is 70.7 Å². The molecule has 0 bridgehead atoms. The summed E-state index contributed by atoms with van der Waals surface area (Å²) in [6, 6.07) is 15.4. The van der Waals surface area contributed by atoms with Gasteiger partial charge in [0.2, 0.25) is 5.88 Å². The third-order valence-electron chi connectivity index (χ3n) is 4.12. The molecular weight excluding hydrogens is 362 g/mol. The van der Waals surface area contributed by atoms with Crippen LogP contribution in [0, 0.1) is 0 Å². The Balaban J connectivity index is 1.84. The second-order valence-corrected chi connectivity index (χ2v) is 6.81. The van der Waals surface area contributed by atoms with E-state index in [1.165, 1.54) is 10.6 Å². The average Bonchev–Trinajstić information content (AvgIpc) is 3.14. The van der Waals surface area contributed by atoms with Crippen LogP contribution >= 0.6 is 11.8 Å². The molecule has 2 heterocycles. The van der Waals surface area contributed by atoms with Gasteiger partial charge in [-0.2, -0.15) is 9.61 Å². The Morgan fingerprint density at radius 2 is 1.70 bits per heavy atom. The van der Waals surface area contributed by atoms with Crippen molar-refractivity contribution in [2.24, 2.45) is 0 Å². The summed E-state index contributed by atoms with van der Waals surface area (Å²) in [5.41, 5.74) is 2.18. The largest absolute Gasteiger partial charge is 0.495 e. The van der Waals surface area contributed by atoms with Gasteiger partial charge in [-0.3, -0.25) is 0 Å². The quantitative estimate of drug-likeness (QED) is 0.558. The Labute approximate surface area is 160 Å². The molecule has 0 fully saturated rings. The SMILES string of the molecule is COc1cc(-c2cnn3c(O)ccnc23)cc(OC)c1Sc1ccccc1. The first-order chi connectivity index (χ1) is 13.2. The van der Waals surface area contributed by atoms with Crippen LogP contribution in [-0.4, -0.2) is 33.9 Å². The lowest BCUT2D eigenvalue weighted by atomic mass is 10.1. The summed E-state index contributed by atoms with van der Waals surface area (Å²) < 4.78 is 12.7. The number of methoxy groups -OCH3 is 2. The van der Waals surface area contributed by atoms with Crippen molar-refractivity contribution < 1.29 is 14.6 Å². The van der Waals surface area contributed by atoms with Gasteiger partial charge in [0.05, 0.1) is 25.3 Å². The van der Waals surface area contributed by atoms with Crippen LogP contribution < -0.4 is 9.47 Å². The fourth-order valence-electron chi connectivity index (χ4n) is 2.83. The molecular formula is C20H17N3O3S. The predicted octanol–water partition coefficient (Wildman–Crippen LogP) is 4.27. The molecule has 4 aromatic rings. The van der Waals surface area contributed by atoms with Gasteiger partial charge in [-0.15, -0.1) is 0 Å². The molecule has 27 heavy (non-hydrogen) atoms. The van der Waals surface area contributed by atoms with Crippen molar-refractivity contribution in [1.29, 1.82) is 0 Å². The van der Waals surface area contributed by atoms with Gasteiger partial charge < -0.3 is 14.6 Å². The lowest BCUT2D eigenvalue weighted by molar-refractivity contribution is 0.377. The van der Waals surface area contributed by atoms with Crippen molar-refractivity contribution in [3.8, 4) is 28.5 Å². The van der Waals surface area contributed by atoms with Crippen molar-refractivity contribution >= 4 is 17.4 Å². The highest BCUT2D eigenvalue weighted by atomic mass is 32.2. The molecule has 0 aliphatic rings. The number of ether oxygens (including phenoxy) is 2. The monoisotopic (exact) mass is 379 g/mol. The molecule has 2 aromatic heterocycles. The molecule has 136 valence electrons. The summed E-state index contributed by atoms with van der Waals surface area (Å²) in [5.74, 6) is 1.41. The molecule has 0 spiro atoms. The number of aromatic nitrogens is 3. The predicted molar refractivity (Wildman–Crippen MR) is 104 cm³/mol. The molecule has 0 atom stereocenters. The molecule has 0 unspecified atom stereocenters. The van der Waals surface area contributed by atoms with Crippen LogP contribution in [0.3, 0.4) is 0 Å². The van der Waals surface area contributed by atoms with E-state index in [1.54, 1.807) is 38.4 Å². The molecule has 1 N–H and O–H groups in total. The van der Waals surface area contributed by atoms with Crippen LogP contribution in [0.5, 0.6) is 17.4 Å². The molecule has 0 saturated heterocycles. The van der Waals surface area contributed by atoms with E-state index < -0.39 is 0 Å². The van der Waals surface area contributed by atoms with Crippen LogP contribution in [0.4, 0.5) is 0 Å². The summed E-state index contributed by atoms with van der Waals surface area (Å²) in [4.78, 5) is 6.31. The lowest BCUT2D eigenvalue weighted by Crippen LogP contribution is -1.94. The minimum absolute atomic E-state index is 0.0291. The third-order valence-corrected chi connectivity index (χ3v) is 5.23. The summed E-state index contributed by atoms with van der Waals surface area (Å²) in [6.07, 6.45) is 3.21. The van der Waals surface area contributed by atoms with E-state index in [0.717, 1.165) is 20.9 Å². The Bertz CT molecular complexity index is 1070. The Kier molecular flexibility index (Phi) is 4.60. The molecule has 7 heteroatoms. The second-order valence-electron chi connectivity index (χ2n) is 5.72. The highest BCUT2D eigenvalue weighted by Gasteiger charge is 2.18. The van der Waals surface area contributed by atoms with E-state index in [2.05, 4.69) is 10.1 Å². The van der Waals surface area contributed by atoms with Gasteiger partial charge in [0.15, 0.2) is 5.65 Å². The van der Waals surface area contributed by atoms with Crippen molar-refractivity contribution in [1.82, 2.24) is 14.6 Å². The van der Waals surface area contributed by atoms with Crippen molar-refractivity contribution in [3.05, 3.63) is 60.9 Å². The number of hydrogen-bond donors (Lipinski definition) is 1. The molecule has 0 amide bonds. The first kappa shape index (κ1) is 17.2. The first-order valence-electron chi connectivity index (χ1n) is 8.22. The summed E-state index contributed by atoms with van der Waals surface area (Å²) in [5, 5.41) is 14.2. The third kappa shape index (κ3) is 3.17. The number of rotatable bonds is 5. The van der Waals surface area contributed by atoms with E-state index in [1.807, 2.05) is 42.5 Å². The van der Waals surface area contributed by atoms with Crippen LogP contribution in [0.2, 0.25) is 0 Å².